The van der Waals surface area contributed by atoms with Crippen LogP contribution in [0.1, 0.15) is 49.1 Å². The van der Waals surface area contributed by atoms with Crippen LogP contribution >= 0.6 is 0 Å². The van der Waals surface area contributed by atoms with Crippen molar-refractivity contribution in [3.63, 3.8) is 0 Å². The molecule has 0 bridgehead atoms. The number of nitrogens with zero attached hydrogens (tertiary/aromatic N) is 2. The first-order chi connectivity index (χ1) is 24.6. The molecule has 270 valence electrons. The van der Waals surface area contributed by atoms with E-state index in [0.717, 1.165) is 11.1 Å². The highest BCUT2D eigenvalue weighted by Crippen LogP contribution is 2.36. The Morgan fingerprint density at radius 3 is 2.45 bits per heavy atom. The number of urea groups is 1. The number of allylic oxidation sites excluding steroid dienone is 2. The molecule has 0 fully saturated rings. The molecule has 15 heteroatoms. The number of benzene rings is 3. The Morgan fingerprint density at radius 2 is 1.78 bits per heavy atom. The highest BCUT2D eigenvalue weighted by Gasteiger charge is 2.32. The van der Waals surface area contributed by atoms with Crippen LogP contribution in [0.15, 0.2) is 83.6 Å². The van der Waals surface area contributed by atoms with Gasteiger partial charge in [-0.3, -0.25) is 15.5 Å². The van der Waals surface area contributed by atoms with Crippen molar-refractivity contribution < 1.29 is 43.3 Å². The lowest BCUT2D eigenvalue weighted by atomic mass is 9.95. The van der Waals surface area contributed by atoms with E-state index < -0.39 is 29.2 Å². The summed E-state index contributed by atoms with van der Waals surface area (Å²) in [5.41, 5.74) is 6.01. The Morgan fingerprint density at radius 1 is 1.06 bits per heavy atom. The fourth-order valence-corrected chi connectivity index (χ4v) is 5.18. The first-order valence-electron chi connectivity index (χ1n) is 16.1. The van der Waals surface area contributed by atoms with Crippen molar-refractivity contribution in [2.45, 2.75) is 46.1 Å². The number of aliphatic hydroxyl groups excluding tert-OH is 1. The minimum atomic E-state index is -1.21. The van der Waals surface area contributed by atoms with Crippen molar-refractivity contribution >= 4 is 23.9 Å². The number of ether oxygens (including phenoxy) is 5. The fourth-order valence-electron chi connectivity index (χ4n) is 5.18. The van der Waals surface area contributed by atoms with Gasteiger partial charge in [-0.25, -0.2) is 9.59 Å². The first-order valence-corrected chi connectivity index (χ1v) is 16.1. The average molecular weight is 704 g/mol. The standard InChI is InChI=1S/C36H41N5O10/c1-6-9-26-16-24(17-30(49-8-3)34(26)51-20-23-10-13-27(14-11-23)41(45)46)19-37-40-31(42)21-50-28-15-12-25(18-29(28)48-7-2)33-32(35(43)47-5)22(4)38-36(44)39-33/h6,10-19,31,33,40,42H,1,7-9,20-21H2,2-5H3,(H2,38,39,44)/b37-19-/t31-,33+/m1/s1. The number of nitro groups is 1. The lowest BCUT2D eigenvalue weighted by molar-refractivity contribution is -0.384. The molecule has 3 aromatic rings. The van der Waals surface area contributed by atoms with Gasteiger partial charge in [-0.2, -0.15) is 5.10 Å². The lowest BCUT2D eigenvalue weighted by Gasteiger charge is -2.28. The summed E-state index contributed by atoms with van der Waals surface area (Å²) in [5, 5.41) is 31.1. The maximum absolute atomic E-state index is 12.5. The number of hydrazone groups is 1. The third kappa shape index (κ3) is 9.98. The predicted molar refractivity (Wildman–Crippen MR) is 188 cm³/mol. The van der Waals surface area contributed by atoms with Gasteiger partial charge in [0.05, 0.1) is 43.1 Å². The van der Waals surface area contributed by atoms with Crippen LogP contribution in [0.5, 0.6) is 23.0 Å². The molecule has 2 atom stereocenters. The third-order valence-corrected chi connectivity index (χ3v) is 7.46. The summed E-state index contributed by atoms with van der Waals surface area (Å²) in [6, 6.07) is 13.4. The number of nitrogens with one attached hydrogen (secondary N) is 3. The number of aliphatic hydroxyl groups is 1. The van der Waals surface area contributed by atoms with Crippen molar-refractivity contribution in [2.24, 2.45) is 5.10 Å². The van der Waals surface area contributed by atoms with Crippen LogP contribution < -0.4 is 35.0 Å². The Balaban J connectivity index is 1.44. The van der Waals surface area contributed by atoms with Gasteiger partial charge in [-0.1, -0.05) is 12.1 Å². The Hall–Kier alpha value is -6.09. The minimum Gasteiger partial charge on any atom is -0.490 e. The molecule has 0 unspecified atom stereocenters. The van der Waals surface area contributed by atoms with E-state index in [1.54, 1.807) is 56.3 Å². The molecule has 0 aromatic heterocycles. The van der Waals surface area contributed by atoms with Crippen LogP contribution in [0.3, 0.4) is 0 Å². The number of hydrogen-bond acceptors (Lipinski definition) is 12. The summed E-state index contributed by atoms with van der Waals surface area (Å²) in [7, 11) is 1.26. The molecule has 1 aliphatic rings. The van der Waals surface area contributed by atoms with Gasteiger partial charge in [-0.05, 0) is 80.3 Å². The van der Waals surface area contributed by atoms with Crippen molar-refractivity contribution in [3.05, 3.63) is 111 Å². The van der Waals surface area contributed by atoms with Crippen LogP contribution in [0, 0.1) is 10.1 Å². The van der Waals surface area contributed by atoms with E-state index in [-0.39, 0.29) is 24.5 Å². The SMILES string of the molecule is C=CCc1cc(/C=N\N[C@H](O)COc2ccc([C@@H]3NC(=O)NC(C)=C3C(=O)OC)cc2OCC)cc(OCC)c1OCc1ccc([N+](=O)[O-])cc1. The number of carbonyl (C=O) groups excluding carboxylic acids is 2. The molecule has 0 saturated carbocycles. The zero-order chi connectivity index (χ0) is 36.9. The molecule has 2 amide bonds. The molecule has 4 rings (SSSR count). The smallest absolute Gasteiger partial charge is 0.337 e. The molecule has 0 radical (unpaired) electrons. The fraction of sp³-hybridized carbons (Fsp3) is 0.306. The minimum absolute atomic E-state index is 0.00554. The van der Waals surface area contributed by atoms with Crippen LogP contribution in [0.2, 0.25) is 0 Å². The molecule has 51 heavy (non-hydrogen) atoms. The number of nitro benzene ring substituents is 1. The molecular weight excluding hydrogens is 662 g/mol. The van der Waals surface area contributed by atoms with E-state index >= 15 is 0 Å². The van der Waals surface area contributed by atoms with Crippen molar-refractivity contribution in [3.8, 4) is 23.0 Å². The van der Waals surface area contributed by atoms with E-state index in [2.05, 4.69) is 27.7 Å². The zero-order valence-electron chi connectivity index (χ0n) is 28.8. The number of methoxy groups -OCH3 is 1. The second kappa shape index (κ2) is 18.1. The van der Waals surface area contributed by atoms with Crippen LogP contribution in [-0.2, 0) is 22.6 Å². The molecule has 15 nitrogen and oxygen atoms in total. The van der Waals surface area contributed by atoms with Crippen LogP contribution in [0.4, 0.5) is 10.5 Å². The maximum Gasteiger partial charge on any atom is 0.337 e. The van der Waals surface area contributed by atoms with E-state index in [4.69, 9.17) is 23.7 Å². The van der Waals surface area contributed by atoms with Gasteiger partial charge in [0, 0.05) is 23.4 Å². The van der Waals surface area contributed by atoms with Crippen LogP contribution in [0.25, 0.3) is 0 Å². The monoisotopic (exact) mass is 703 g/mol. The summed E-state index contributed by atoms with van der Waals surface area (Å²) < 4.78 is 28.5. The number of non-ortho nitro benzene ring substituents is 1. The molecule has 3 aromatic carbocycles. The molecule has 0 spiro atoms. The lowest BCUT2D eigenvalue weighted by Crippen LogP contribution is -2.45. The van der Waals surface area contributed by atoms with E-state index in [9.17, 15) is 24.8 Å². The van der Waals surface area contributed by atoms with E-state index in [0.29, 0.717) is 59.5 Å². The van der Waals surface area contributed by atoms with Gasteiger partial charge >= 0.3 is 12.0 Å². The maximum atomic E-state index is 12.5. The highest BCUT2D eigenvalue weighted by molar-refractivity contribution is 5.95. The van der Waals surface area contributed by atoms with Crippen LogP contribution in [-0.4, -0.2) is 61.4 Å². The Kier molecular flexibility index (Phi) is 13.4. The number of esters is 1. The first kappa shape index (κ1) is 37.7. The topological polar surface area (TPSA) is 192 Å². The molecule has 1 heterocycles. The van der Waals surface area contributed by atoms with Crippen molar-refractivity contribution in [1.82, 2.24) is 16.1 Å². The Bertz CT molecular complexity index is 1790. The quantitative estimate of drug-likeness (QED) is 0.0355. The number of hydrogen-bond donors (Lipinski definition) is 4. The molecule has 1 aliphatic heterocycles. The Labute approximate surface area is 295 Å². The highest BCUT2D eigenvalue weighted by atomic mass is 16.6. The second-order valence-corrected chi connectivity index (χ2v) is 11.1. The summed E-state index contributed by atoms with van der Waals surface area (Å²) in [6.45, 7) is 9.74. The molecule has 0 aliphatic carbocycles. The molecule has 0 saturated heterocycles. The second-order valence-electron chi connectivity index (χ2n) is 11.1. The largest absolute Gasteiger partial charge is 0.490 e. The van der Waals surface area contributed by atoms with Gasteiger partial charge in [-0.15, -0.1) is 6.58 Å². The number of carbonyl (C=O) groups is 2. The van der Waals surface area contributed by atoms with Crippen molar-refractivity contribution in [1.29, 1.82) is 0 Å². The molecule has 4 N–H and O–H groups in total. The van der Waals surface area contributed by atoms with Gasteiger partial charge in [0.25, 0.3) is 5.69 Å². The number of amides is 2. The summed E-state index contributed by atoms with van der Waals surface area (Å²) in [6.07, 6.45) is 2.50. The zero-order valence-corrected chi connectivity index (χ0v) is 28.8. The molecular formula is C36H41N5O10. The van der Waals surface area contributed by atoms with E-state index in [1.165, 1.54) is 25.5 Å². The normalized spacial score (nSPS) is 14.6. The van der Waals surface area contributed by atoms with Gasteiger partial charge in [0.2, 0.25) is 0 Å². The van der Waals surface area contributed by atoms with Gasteiger partial charge < -0.3 is 39.4 Å². The van der Waals surface area contributed by atoms with E-state index in [1.807, 2.05) is 13.0 Å². The summed E-state index contributed by atoms with van der Waals surface area (Å²) in [4.78, 5) is 35.2. The summed E-state index contributed by atoms with van der Waals surface area (Å²) in [5.74, 6) is 1.07. The van der Waals surface area contributed by atoms with Crippen molar-refractivity contribution in [2.75, 3.05) is 26.9 Å². The third-order valence-electron chi connectivity index (χ3n) is 7.46. The number of rotatable bonds is 18. The predicted octanol–water partition coefficient (Wildman–Crippen LogP) is 4.82. The van der Waals surface area contributed by atoms with Gasteiger partial charge in [0.15, 0.2) is 29.2 Å². The average Bonchev–Trinajstić information content (AvgIpc) is 3.10. The summed E-state index contributed by atoms with van der Waals surface area (Å²) >= 11 is 0. The van der Waals surface area contributed by atoms with Gasteiger partial charge in [0.1, 0.15) is 13.2 Å².